The van der Waals surface area contributed by atoms with E-state index in [2.05, 4.69) is 10.6 Å². The molecule has 7 heteroatoms. The van der Waals surface area contributed by atoms with E-state index in [1.54, 1.807) is 0 Å². The minimum absolute atomic E-state index is 0.151. The fraction of sp³-hybridized carbons (Fsp3) is 0.727. The molecule has 18 heavy (non-hydrogen) atoms. The van der Waals surface area contributed by atoms with Gasteiger partial charge < -0.3 is 20.6 Å². The highest BCUT2D eigenvalue weighted by Crippen LogP contribution is 2.28. The Bertz CT molecular complexity index is 358. The molecule has 0 radical (unpaired) electrons. The molecule has 3 amide bonds. The lowest BCUT2D eigenvalue weighted by atomic mass is 9.89. The van der Waals surface area contributed by atoms with Crippen molar-refractivity contribution < 1.29 is 19.5 Å². The summed E-state index contributed by atoms with van der Waals surface area (Å²) in [5.41, 5.74) is -1.19. The van der Waals surface area contributed by atoms with Gasteiger partial charge in [-0.05, 0) is 26.2 Å². The monoisotopic (exact) mass is 257 g/mol. The van der Waals surface area contributed by atoms with Crippen molar-refractivity contribution in [3.8, 4) is 0 Å². The van der Waals surface area contributed by atoms with Crippen molar-refractivity contribution in [2.75, 3.05) is 20.1 Å². The Kier molecular flexibility index (Phi) is 4.52. The zero-order chi connectivity index (χ0) is 13.8. The highest BCUT2D eigenvalue weighted by molar-refractivity contribution is 5.88. The number of likely N-dealkylation sites (tertiary alicyclic amines) is 1. The Morgan fingerprint density at radius 2 is 2.00 bits per heavy atom. The molecule has 1 atom stereocenters. The molecule has 0 saturated carbocycles. The lowest BCUT2D eigenvalue weighted by Crippen LogP contribution is -2.60. The van der Waals surface area contributed by atoms with Crippen molar-refractivity contribution in [2.24, 2.45) is 0 Å². The first-order valence-electron chi connectivity index (χ1n) is 5.91. The predicted molar refractivity (Wildman–Crippen MR) is 64.1 cm³/mol. The summed E-state index contributed by atoms with van der Waals surface area (Å²) in [5.74, 6) is -1.34. The largest absolute Gasteiger partial charge is 0.480 e. The average Bonchev–Trinajstić information content (AvgIpc) is 2.35. The van der Waals surface area contributed by atoms with Gasteiger partial charge in [-0.15, -0.1) is 0 Å². The lowest BCUT2D eigenvalue weighted by molar-refractivity contribution is -0.150. The number of nitrogens with zero attached hydrogens (tertiary/aromatic N) is 1. The maximum atomic E-state index is 11.9. The number of rotatable bonds is 3. The number of carboxylic acids is 1. The number of hydrogen-bond acceptors (Lipinski definition) is 3. The minimum atomic E-state index is -1.19. The number of hydrogen-bond donors (Lipinski definition) is 3. The summed E-state index contributed by atoms with van der Waals surface area (Å²) in [5, 5.41) is 14.0. The normalized spacial score (nSPS) is 23.3. The van der Waals surface area contributed by atoms with Crippen LogP contribution in [-0.2, 0) is 9.59 Å². The quantitative estimate of drug-likeness (QED) is 0.650. The van der Waals surface area contributed by atoms with Crippen molar-refractivity contribution in [1.82, 2.24) is 15.5 Å². The number of urea groups is 1. The van der Waals surface area contributed by atoms with E-state index in [9.17, 15) is 19.5 Å². The molecule has 7 nitrogen and oxygen atoms in total. The summed E-state index contributed by atoms with van der Waals surface area (Å²) in [6, 6.07) is -0.511. The van der Waals surface area contributed by atoms with Gasteiger partial charge in [0.1, 0.15) is 5.54 Å². The van der Waals surface area contributed by atoms with Gasteiger partial charge in [0.25, 0.3) is 0 Å². The maximum Gasteiger partial charge on any atom is 0.329 e. The van der Waals surface area contributed by atoms with E-state index in [4.69, 9.17) is 0 Å². The van der Waals surface area contributed by atoms with Crippen LogP contribution in [0.3, 0.4) is 0 Å². The second-order valence-electron chi connectivity index (χ2n) is 4.52. The highest BCUT2D eigenvalue weighted by atomic mass is 16.4. The number of likely N-dealkylation sites (N-methyl/N-ethyl adjacent to an activating group) is 1. The van der Waals surface area contributed by atoms with E-state index in [1.807, 2.05) is 0 Å². The van der Waals surface area contributed by atoms with Gasteiger partial charge in [0, 0.05) is 13.6 Å². The molecule has 102 valence electrons. The third-order valence-electron chi connectivity index (χ3n) is 3.28. The van der Waals surface area contributed by atoms with Crippen LogP contribution >= 0.6 is 0 Å². The SMILES string of the molecule is CNC(=O)CNC(=O)N1CCCCC1(C)C(=O)O. The standard InChI is InChI=1S/C11H19N3O4/c1-11(9(16)17)5-3-4-6-14(11)10(18)13-7-8(15)12-2/h3-7H2,1-2H3,(H,12,15)(H,13,18)(H,16,17). The van der Waals surface area contributed by atoms with E-state index < -0.39 is 17.5 Å². The first-order valence-corrected chi connectivity index (χ1v) is 5.91. The van der Waals surface area contributed by atoms with Gasteiger partial charge in [-0.2, -0.15) is 0 Å². The van der Waals surface area contributed by atoms with Crippen molar-refractivity contribution in [2.45, 2.75) is 31.7 Å². The van der Waals surface area contributed by atoms with Gasteiger partial charge in [0.15, 0.2) is 0 Å². The third-order valence-corrected chi connectivity index (χ3v) is 3.28. The number of carbonyl (C=O) groups excluding carboxylic acids is 2. The number of carboxylic acid groups (broad SMARTS) is 1. The Labute approximate surface area is 106 Å². The molecular weight excluding hydrogens is 238 g/mol. The molecule has 0 aromatic rings. The van der Waals surface area contributed by atoms with E-state index in [0.717, 1.165) is 12.8 Å². The Morgan fingerprint density at radius 1 is 1.33 bits per heavy atom. The maximum absolute atomic E-state index is 11.9. The second-order valence-corrected chi connectivity index (χ2v) is 4.52. The van der Waals surface area contributed by atoms with Crippen LogP contribution in [0, 0.1) is 0 Å². The van der Waals surface area contributed by atoms with Crippen molar-refractivity contribution in [3.05, 3.63) is 0 Å². The van der Waals surface area contributed by atoms with Crippen molar-refractivity contribution >= 4 is 17.9 Å². The van der Waals surface area contributed by atoms with Crippen LogP contribution in [0.2, 0.25) is 0 Å². The summed E-state index contributed by atoms with van der Waals surface area (Å²) >= 11 is 0. The van der Waals surface area contributed by atoms with Gasteiger partial charge in [-0.25, -0.2) is 9.59 Å². The number of carbonyl (C=O) groups is 3. The molecule has 1 fully saturated rings. The van der Waals surface area contributed by atoms with Crippen LogP contribution in [0.25, 0.3) is 0 Å². The zero-order valence-corrected chi connectivity index (χ0v) is 10.7. The molecule has 1 heterocycles. The minimum Gasteiger partial charge on any atom is -0.480 e. The molecule has 0 spiro atoms. The Morgan fingerprint density at radius 3 is 2.56 bits per heavy atom. The van der Waals surface area contributed by atoms with Crippen LogP contribution in [0.15, 0.2) is 0 Å². The Hall–Kier alpha value is -1.79. The fourth-order valence-corrected chi connectivity index (χ4v) is 2.01. The molecule has 0 bridgehead atoms. The van der Waals surface area contributed by atoms with E-state index in [-0.39, 0.29) is 12.5 Å². The lowest BCUT2D eigenvalue weighted by Gasteiger charge is -2.41. The number of nitrogens with one attached hydrogen (secondary N) is 2. The second kappa shape index (κ2) is 5.70. The van der Waals surface area contributed by atoms with Crippen LogP contribution in [0.1, 0.15) is 26.2 Å². The summed E-state index contributed by atoms with van der Waals surface area (Å²) in [4.78, 5) is 35.5. The molecule has 1 aliphatic rings. The van der Waals surface area contributed by atoms with Gasteiger partial charge in [-0.1, -0.05) is 0 Å². The average molecular weight is 257 g/mol. The topological polar surface area (TPSA) is 98.7 Å². The number of aliphatic carboxylic acids is 1. The smallest absolute Gasteiger partial charge is 0.329 e. The predicted octanol–water partition coefficient (Wildman–Crippen LogP) is -0.229. The van der Waals surface area contributed by atoms with Crippen LogP contribution in [-0.4, -0.2) is 53.6 Å². The molecule has 1 aliphatic heterocycles. The zero-order valence-electron chi connectivity index (χ0n) is 10.7. The summed E-state index contributed by atoms with van der Waals surface area (Å²) in [7, 11) is 1.47. The van der Waals surface area contributed by atoms with E-state index >= 15 is 0 Å². The van der Waals surface area contributed by atoms with E-state index in [1.165, 1.54) is 18.9 Å². The summed E-state index contributed by atoms with van der Waals surface area (Å²) in [6.07, 6.45) is 1.98. The summed E-state index contributed by atoms with van der Waals surface area (Å²) in [6.45, 7) is 1.78. The van der Waals surface area contributed by atoms with Crippen molar-refractivity contribution in [3.63, 3.8) is 0 Å². The molecule has 1 unspecified atom stereocenters. The molecule has 0 aliphatic carbocycles. The van der Waals surface area contributed by atoms with Crippen molar-refractivity contribution in [1.29, 1.82) is 0 Å². The molecular formula is C11H19N3O4. The molecule has 0 aromatic carbocycles. The van der Waals surface area contributed by atoms with Gasteiger partial charge in [0.2, 0.25) is 5.91 Å². The van der Waals surface area contributed by atoms with Crippen LogP contribution in [0.4, 0.5) is 4.79 Å². The molecule has 3 N–H and O–H groups in total. The number of piperidine rings is 1. The highest BCUT2D eigenvalue weighted by Gasteiger charge is 2.43. The summed E-state index contributed by atoms with van der Waals surface area (Å²) < 4.78 is 0. The van der Waals surface area contributed by atoms with Crippen LogP contribution in [0.5, 0.6) is 0 Å². The molecule has 0 aromatic heterocycles. The van der Waals surface area contributed by atoms with Gasteiger partial charge in [-0.3, -0.25) is 4.79 Å². The first kappa shape index (κ1) is 14.3. The van der Waals surface area contributed by atoms with Gasteiger partial charge >= 0.3 is 12.0 Å². The van der Waals surface area contributed by atoms with E-state index in [0.29, 0.717) is 13.0 Å². The Balaban J connectivity index is 2.69. The number of amides is 3. The molecule has 1 saturated heterocycles. The fourth-order valence-electron chi connectivity index (χ4n) is 2.01. The van der Waals surface area contributed by atoms with Crippen LogP contribution < -0.4 is 10.6 Å². The van der Waals surface area contributed by atoms with Gasteiger partial charge in [0.05, 0.1) is 6.54 Å². The third kappa shape index (κ3) is 2.91. The molecule has 1 rings (SSSR count). The first-order chi connectivity index (χ1) is 8.41.